The number of hydrogen-bond acceptors (Lipinski definition) is 5. The van der Waals surface area contributed by atoms with Gasteiger partial charge in [0, 0.05) is 30.0 Å². The fourth-order valence-electron chi connectivity index (χ4n) is 3.53. The average molecular weight is 415 g/mol. The molecular formula is C20H22FN5O2S. The maximum absolute atomic E-state index is 13.4. The van der Waals surface area contributed by atoms with Gasteiger partial charge in [-0.05, 0) is 25.0 Å². The van der Waals surface area contributed by atoms with Crippen LogP contribution in [0.1, 0.15) is 37.8 Å². The number of hydrogen-bond donors (Lipinski definition) is 2. The minimum atomic E-state index is -0.610. The quantitative estimate of drug-likeness (QED) is 0.627. The molecule has 0 bridgehead atoms. The number of carbonyl (C=O) groups is 2. The summed E-state index contributed by atoms with van der Waals surface area (Å²) in [7, 11) is 0. The Balaban J connectivity index is 1.33. The van der Waals surface area contributed by atoms with Crippen LogP contribution in [0.5, 0.6) is 0 Å². The molecule has 0 spiro atoms. The number of carbonyl (C=O) groups excluding carboxylic acids is 2. The first kappa shape index (κ1) is 19.5. The number of rotatable bonds is 5. The molecule has 2 heterocycles. The molecule has 1 saturated carbocycles. The van der Waals surface area contributed by atoms with Crippen molar-refractivity contribution in [3.63, 3.8) is 0 Å². The van der Waals surface area contributed by atoms with Crippen molar-refractivity contribution in [1.82, 2.24) is 25.2 Å². The highest BCUT2D eigenvalue weighted by atomic mass is 32.1. The fourth-order valence-corrected chi connectivity index (χ4v) is 4.38. The third kappa shape index (κ3) is 4.61. The highest BCUT2D eigenvalue weighted by Gasteiger charge is 2.20. The Labute approximate surface area is 171 Å². The molecule has 4 rings (SSSR count). The summed E-state index contributed by atoms with van der Waals surface area (Å²) in [6.07, 6.45) is 5.76. The van der Waals surface area contributed by atoms with E-state index in [1.165, 1.54) is 29.9 Å². The van der Waals surface area contributed by atoms with Crippen LogP contribution in [-0.4, -0.2) is 39.0 Å². The van der Waals surface area contributed by atoms with E-state index in [0.717, 1.165) is 31.4 Å². The Bertz CT molecular complexity index is 1020. The van der Waals surface area contributed by atoms with E-state index >= 15 is 0 Å². The third-order valence-electron chi connectivity index (χ3n) is 5.05. The minimum absolute atomic E-state index is 0.106. The molecule has 2 aromatic heterocycles. The SMILES string of the molecule is O=C(NCCc1csc2nc(-c3cccc(F)c3)nn12)C(=O)NC1CCCCC1. The van der Waals surface area contributed by atoms with Crippen LogP contribution in [0.25, 0.3) is 16.3 Å². The molecule has 0 radical (unpaired) electrons. The molecule has 1 aliphatic rings. The van der Waals surface area contributed by atoms with Gasteiger partial charge in [-0.25, -0.2) is 8.91 Å². The molecule has 2 N–H and O–H groups in total. The van der Waals surface area contributed by atoms with Crippen LogP contribution in [-0.2, 0) is 16.0 Å². The first-order valence-electron chi connectivity index (χ1n) is 9.78. The maximum Gasteiger partial charge on any atom is 0.309 e. The van der Waals surface area contributed by atoms with Gasteiger partial charge in [0.15, 0.2) is 5.82 Å². The molecule has 29 heavy (non-hydrogen) atoms. The predicted octanol–water partition coefficient (Wildman–Crippen LogP) is 2.70. The smallest absolute Gasteiger partial charge is 0.309 e. The minimum Gasteiger partial charge on any atom is -0.347 e. The molecule has 3 aromatic rings. The normalized spacial score (nSPS) is 14.8. The summed E-state index contributed by atoms with van der Waals surface area (Å²) in [5, 5.41) is 11.8. The second kappa shape index (κ2) is 8.69. The highest BCUT2D eigenvalue weighted by molar-refractivity contribution is 7.15. The van der Waals surface area contributed by atoms with E-state index < -0.39 is 11.8 Å². The second-order valence-corrected chi connectivity index (χ2v) is 8.02. The Morgan fingerprint density at radius 1 is 1.21 bits per heavy atom. The van der Waals surface area contributed by atoms with Gasteiger partial charge in [-0.1, -0.05) is 31.4 Å². The number of fused-ring (bicyclic) bond motifs is 1. The van der Waals surface area contributed by atoms with Crippen LogP contribution in [0, 0.1) is 5.82 Å². The lowest BCUT2D eigenvalue weighted by Crippen LogP contribution is -2.45. The first-order chi connectivity index (χ1) is 14.1. The molecule has 152 valence electrons. The molecule has 0 unspecified atom stereocenters. The van der Waals surface area contributed by atoms with Crippen LogP contribution >= 0.6 is 11.3 Å². The van der Waals surface area contributed by atoms with Crippen molar-refractivity contribution in [1.29, 1.82) is 0 Å². The molecule has 1 aromatic carbocycles. The summed E-state index contributed by atoms with van der Waals surface area (Å²) in [6, 6.07) is 6.25. The van der Waals surface area contributed by atoms with Gasteiger partial charge in [-0.15, -0.1) is 16.4 Å². The van der Waals surface area contributed by atoms with Crippen molar-refractivity contribution in [3.8, 4) is 11.4 Å². The maximum atomic E-state index is 13.4. The van der Waals surface area contributed by atoms with Crippen molar-refractivity contribution >= 4 is 28.1 Å². The van der Waals surface area contributed by atoms with Gasteiger partial charge in [0.1, 0.15) is 5.82 Å². The summed E-state index contributed by atoms with van der Waals surface area (Å²) in [4.78, 5) is 29.2. The summed E-state index contributed by atoms with van der Waals surface area (Å²) in [5.74, 6) is -1.06. The molecule has 0 atom stereocenters. The molecule has 7 nitrogen and oxygen atoms in total. The molecule has 2 amide bonds. The van der Waals surface area contributed by atoms with Crippen molar-refractivity contribution in [3.05, 3.63) is 41.2 Å². The van der Waals surface area contributed by atoms with E-state index in [0.29, 0.717) is 29.3 Å². The van der Waals surface area contributed by atoms with Gasteiger partial charge < -0.3 is 10.6 Å². The first-order valence-corrected chi connectivity index (χ1v) is 10.7. The average Bonchev–Trinajstić information content (AvgIpc) is 3.30. The zero-order chi connectivity index (χ0) is 20.2. The standard InChI is InChI=1S/C20H22FN5O2S/c21-14-6-4-5-13(11-14)17-24-20-26(25-17)16(12-29-20)9-10-22-18(27)19(28)23-15-7-2-1-3-8-15/h4-6,11-12,15H,1-3,7-10H2,(H,22,27)(H,23,28). The largest absolute Gasteiger partial charge is 0.347 e. The Kier molecular flexibility index (Phi) is 5.84. The van der Waals surface area contributed by atoms with Crippen LogP contribution in [0.15, 0.2) is 29.6 Å². The number of nitrogens with zero attached hydrogens (tertiary/aromatic N) is 3. The van der Waals surface area contributed by atoms with Crippen molar-refractivity contribution < 1.29 is 14.0 Å². The van der Waals surface area contributed by atoms with E-state index in [1.807, 2.05) is 5.38 Å². The van der Waals surface area contributed by atoms with Crippen LogP contribution < -0.4 is 10.6 Å². The number of thiazole rings is 1. The van der Waals surface area contributed by atoms with E-state index in [2.05, 4.69) is 20.7 Å². The lowest BCUT2D eigenvalue weighted by atomic mass is 9.95. The topological polar surface area (TPSA) is 88.4 Å². The van der Waals surface area contributed by atoms with Crippen molar-refractivity contribution in [2.75, 3.05) is 6.54 Å². The van der Waals surface area contributed by atoms with Crippen LogP contribution in [0.2, 0.25) is 0 Å². The van der Waals surface area contributed by atoms with E-state index in [-0.39, 0.29) is 11.9 Å². The Morgan fingerprint density at radius 3 is 2.83 bits per heavy atom. The van der Waals surface area contributed by atoms with E-state index in [9.17, 15) is 14.0 Å². The lowest BCUT2D eigenvalue weighted by molar-refractivity contribution is -0.139. The van der Waals surface area contributed by atoms with Crippen molar-refractivity contribution in [2.45, 2.75) is 44.6 Å². The summed E-state index contributed by atoms with van der Waals surface area (Å²) >= 11 is 1.43. The monoisotopic (exact) mass is 415 g/mol. The van der Waals surface area contributed by atoms with Crippen LogP contribution in [0.4, 0.5) is 4.39 Å². The van der Waals surface area contributed by atoms with Gasteiger partial charge >= 0.3 is 11.8 Å². The number of benzene rings is 1. The van der Waals surface area contributed by atoms with Gasteiger partial charge in [0.25, 0.3) is 0 Å². The molecule has 1 aliphatic carbocycles. The molecule has 0 aliphatic heterocycles. The third-order valence-corrected chi connectivity index (χ3v) is 5.91. The number of aromatic nitrogens is 3. The van der Waals surface area contributed by atoms with Gasteiger partial charge in [0.2, 0.25) is 4.96 Å². The summed E-state index contributed by atoms with van der Waals surface area (Å²) < 4.78 is 15.1. The summed E-state index contributed by atoms with van der Waals surface area (Å²) in [6.45, 7) is 0.317. The van der Waals surface area contributed by atoms with Gasteiger partial charge in [-0.2, -0.15) is 4.98 Å². The van der Waals surface area contributed by atoms with Crippen LogP contribution in [0.3, 0.4) is 0 Å². The fraction of sp³-hybridized carbons (Fsp3) is 0.400. The second-order valence-electron chi connectivity index (χ2n) is 7.18. The zero-order valence-electron chi connectivity index (χ0n) is 15.9. The Hall–Kier alpha value is -2.81. The van der Waals surface area contributed by atoms with E-state index in [1.54, 1.807) is 16.6 Å². The lowest BCUT2D eigenvalue weighted by Gasteiger charge is -2.22. The van der Waals surface area contributed by atoms with Gasteiger partial charge in [0.05, 0.1) is 5.69 Å². The van der Waals surface area contributed by atoms with Gasteiger partial charge in [-0.3, -0.25) is 9.59 Å². The molecular weight excluding hydrogens is 393 g/mol. The molecule has 9 heteroatoms. The zero-order valence-corrected chi connectivity index (χ0v) is 16.7. The summed E-state index contributed by atoms with van der Waals surface area (Å²) in [5.41, 5.74) is 1.48. The molecule has 0 saturated heterocycles. The predicted molar refractivity (Wildman–Crippen MR) is 108 cm³/mol. The Morgan fingerprint density at radius 2 is 2.03 bits per heavy atom. The number of nitrogens with one attached hydrogen (secondary N) is 2. The molecule has 1 fully saturated rings. The highest BCUT2D eigenvalue weighted by Crippen LogP contribution is 2.21. The van der Waals surface area contributed by atoms with E-state index in [4.69, 9.17) is 0 Å². The number of halogens is 1. The number of amides is 2. The van der Waals surface area contributed by atoms with Crippen molar-refractivity contribution in [2.24, 2.45) is 0 Å².